The fraction of sp³-hybridized carbons (Fsp3) is 0.643. The van der Waals surface area contributed by atoms with Gasteiger partial charge in [0.2, 0.25) is 5.91 Å². The summed E-state index contributed by atoms with van der Waals surface area (Å²) in [5, 5.41) is 0. The second-order valence-corrected chi connectivity index (χ2v) is 6.42. The molecule has 5 nitrogen and oxygen atoms in total. The lowest BCUT2D eigenvalue weighted by Gasteiger charge is -2.32. The number of carbonyl (C=O) groups excluding carboxylic acids is 1. The SMILES string of the molecule is CC(C)CC(=O)N1CCCC(Oc2ncc(Br)cn2)C1. The number of aromatic nitrogens is 2. The second kappa shape index (κ2) is 7.02. The van der Waals surface area contributed by atoms with E-state index in [0.717, 1.165) is 23.9 Å². The Kier molecular flexibility index (Phi) is 5.34. The van der Waals surface area contributed by atoms with Gasteiger partial charge in [0.15, 0.2) is 0 Å². The summed E-state index contributed by atoms with van der Waals surface area (Å²) in [6.45, 7) is 5.58. The Morgan fingerprint density at radius 2 is 2.20 bits per heavy atom. The molecule has 0 saturated carbocycles. The lowest BCUT2D eigenvalue weighted by Crippen LogP contribution is -2.44. The van der Waals surface area contributed by atoms with Gasteiger partial charge in [0.1, 0.15) is 6.10 Å². The molecule has 2 heterocycles. The van der Waals surface area contributed by atoms with E-state index in [1.165, 1.54) is 0 Å². The molecule has 0 bridgehead atoms. The molecule has 0 aromatic carbocycles. The molecular weight excluding hydrogens is 322 g/mol. The van der Waals surface area contributed by atoms with Crippen molar-refractivity contribution >= 4 is 21.8 Å². The number of ether oxygens (including phenoxy) is 1. The first kappa shape index (κ1) is 15.2. The van der Waals surface area contributed by atoms with E-state index in [0.29, 0.717) is 24.9 Å². The van der Waals surface area contributed by atoms with Crippen molar-refractivity contribution in [3.05, 3.63) is 16.9 Å². The third-order valence-corrected chi connectivity index (χ3v) is 3.59. The highest BCUT2D eigenvalue weighted by atomic mass is 79.9. The Bertz CT molecular complexity index is 450. The lowest BCUT2D eigenvalue weighted by molar-refractivity contribution is -0.134. The van der Waals surface area contributed by atoms with Crippen molar-refractivity contribution < 1.29 is 9.53 Å². The Morgan fingerprint density at radius 3 is 2.85 bits per heavy atom. The molecule has 0 aliphatic carbocycles. The molecule has 1 aromatic rings. The Hall–Kier alpha value is -1.17. The monoisotopic (exact) mass is 341 g/mol. The van der Waals surface area contributed by atoms with E-state index in [2.05, 4.69) is 39.7 Å². The predicted octanol–water partition coefficient (Wildman–Crippen LogP) is 2.66. The number of halogens is 1. The smallest absolute Gasteiger partial charge is 0.316 e. The minimum atomic E-state index is -0.0129. The van der Waals surface area contributed by atoms with Crippen LogP contribution in [0, 0.1) is 5.92 Å². The number of nitrogens with zero attached hydrogens (tertiary/aromatic N) is 3. The molecule has 110 valence electrons. The second-order valence-electron chi connectivity index (χ2n) is 5.50. The number of likely N-dealkylation sites (tertiary alicyclic amines) is 1. The molecule has 1 saturated heterocycles. The molecule has 0 radical (unpaired) electrons. The highest BCUT2D eigenvalue weighted by Crippen LogP contribution is 2.17. The van der Waals surface area contributed by atoms with Crippen LogP contribution in [0.25, 0.3) is 0 Å². The van der Waals surface area contributed by atoms with Gasteiger partial charge >= 0.3 is 6.01 Å². The van der Waals surface area contributed by atoms with Gasteiger partial charge in [0.25, 0.3) is 0 Å². The van der Waals surface area contributed by atoms with Crippen LogP contribution in [0.1, 0.15) is 33.1 Å². The van der Waals surface area contributed by atoms with Gasteiger partial charge < -0.3 is 9.64 Å². The molecule has 1 atom stereocenters. The number of rotatable bonds is 4. The molecule has 0 N–H and O–H groups in total. The van der Waals surface area contributed by atoms with E-state index in [1.807, 2.05) is 4.90 Å². The van der Waals surface area contributed by atoms with Crippen molar-refractivity contribution in [3.8, 4) is 6.01 Å². The van der Waals surface area contributed by atoms with Crippen LogP contribution in [0.2, 0.25) is 0 Å². The Morgan fingerprint density at radius 1 is 1.50 bits per heavy atom. The Balaban J connectivity index is 1.90. The van der Waals surface area contributed by atoms with Crippen molar-refractivity contribution in [3.63, 3.8) is 0 Å². The van der Waals surface area contributed by atoms with E-state index in [1.54, 1.807) is 12.4 Å². The van der Waals surface area contributed by atoms with Gasteiger partial charge in [0, 0.05) is 25.4 Å². The van der Waals surface area contributed by atoms with Gasteiger partial charge in [-0.2, -0.15) is 0 Å². The lowest BCUT2D eigenvalue weighted by atomic mass is 10.1. The summed E-state index contributed by atoms with van der Waals surface area (Å²) >= 11 is 3.29. The van der Waals surface area contributed by atoms with Gasteiger partial charge in [0.05, 0.1) is 11.0 Å². The fourth-order valence-corrected chi connectivity index (χ4v) is 2.45. The van der Waals surface area contributed by atoms with E-state index < -0.39 is 0 Å². The van der Waals surface area contributed by atoms with Crippen molar-refractivity contribution in [2.45, 2.75) is 39.2 Å². The van der Waals surface area contributed by atoms with Crippen molar-refractivity contribution in [2.24, 2.45) is 5.92 Å². The summed E-state index contributed by atoms with van der Waals surface area (Å²) in [6, 6.07) is 0.372. The van der Waals surface area contributed by atoms with Crippen LogP contribution in [0.5, 0.6) is 6.01 Å². The zero-order chi connectivity index (χ0) is 14.5. The first-order chi connectivity index (χ1) is 9.54. The third-order valence-electron chi connectivity index (χ3n) is 3.18. The molecule has 1 fully saturated rings. The zero-order valence-corrected chi connectivity index (χ0v) is 13.5. The molecule has 0 spiro atoms. The van der Waals surface area contributed by atoms with Crippen LogP contribution in [-0.4, -0.2) is 40.0 Å². The molecule has 2 rings (SSSR count). The summed E-state index contributed by atoms with van der Waals surface area (Å²) in [4.78, 5) is 22.2. The summed E-state index contributed by atoms with van der Waals surface area (Å²) in [5.41, 5.74) is 0. The highest BCUT2D eigenvalue weighted by molar-refractivity contribution is 9.10. The van der Waals surface area contributed by atoms with Gasteiger partial charge in [-0.05, 0) is 34.7 Å². The van der Waals surface area contributed by atoms with Crippen LogP contribution < -0.4 is 4.74 Å². The number of piperidine rings is 1. The minimum absolute atomic E-state index is 0.0129. The molecule has 1 aromatic heterocycles. The molecule has 1 aliphatic rings. The first-order valence-electron chi connectivity index (χ1n) is 6.96. The number of hydrogen-bond donors (Lipinski definition) is 0. The minimum Gasteiger partial charge on any atom is -0.458 e. The summed E-state index contributed by atoms with van der Waals surface area (Å²) in [7, 11) is 0. The quantitative estimate of drug-likeness (QED) is 0.844. The standard InChI is InChI=1S/C14H20BrN3O2/c1-10(2)6-13(19)18-5-3-4-12(9-18)20-14-16-7-11(15)8-17-14/h7-8,10,12H,3-6,9H2,1-2H3. The highest BCUT2D eigenvalue weighted by Gasteiger charge is 2.25. The maximum absolute atomic E-state index is 12.1. The largest absolute Gasteiger partial charge is 0.458 e. The molecular formula is C14H20BrN3O2. The maximum Gasteiger partial charge on any atom is 0.316 e. The predicted molar refractivity (Wildman–Crippen MR) is 79.4 cm³/mol. The van der Waals surface area contributed by atoms with Crippen LogP contribution >= 0.6 is 15.9 Å². The number of hydrogen-bond acceptors (Lipinski definition) is 4. The Labute approximate surface area is 127 Å². The maximum atomic E-state index is 12.1. The van der Waals surface area contributed by atoms with Gasteiger partial charge in [-0.15, -0.1) is 0 Å². The third kappa shape index (κ3) is 4.44. The van der Waals surface area contributed by atoms with Crippen molar-refractivity contribution in [1.29, 1.82) is 0 Å². The molecule has 20 heavy (non-hydrogen) atoms. The van der Waals surface area contributed by atoms with Crippen LogP contribution in [0.4, 0.5) is 0 Å². The van der Waals surface area contributed by atoms with Crippen LogP contribution in [-0.2, 0) is 4.79 Å². The van der Waals surface area contributed by atoms with Gasteiger partial charge in [-0.3, -0.25) is 4.79 Å². The first-order valence-corrected chi connectivity index (χ1v) is 7.76. The van der Waals surface area contributed by atoms with Gasteiger partial charge in [-0.25, -0.2) is 9.97 Å². The summed E-state index contributed by atoms with van der Waals surface area (Å²) in [5.74, 6) is 0.601. The normalized spacial score (nSPS) is 19.2. The molecule has 1 unspecified atom stereocenters. The molecule has 6 heteroatoms. The van der Waals surface area contributed by atoms with E-state index in [9.17, 15) is 4.79 Å². The average Bonchev–Trinajstić information content (AvgIpc) is 2.41. The zero-order valence-electron chi connectivity index (χ0n) is 11.9. The molecule has 1 aliphatic heterocycles. The van der Waals surface area contributed by atoms with Crippen molar-refractivity contribution in [2.75, 3.05) is 13.1 Å². The van der Waals surface area contributed by atoms with E-state index in [-0.39, 0.29) is 12.0 Å². The summed E-state index contributed by atoms with van der Waals surface area (Å²) < 4.78 is 6.58. The molecule has 1 amide bonds. The van der Waals surface area contributed by atoms with Gasteiger partial charge in [-0.1, -0.05) is 13.8 Å². The fourth-order valence-electron chi connectivity index (χ4n) is 2.25. The van der Waals surface area contributed by atoms with Crippen LogP contribution in [0.15, 0.2) is 16.9 Å². The van der Waals surface area contributed by atoms with E-state index in [4.69, 9.17) is 4.74 Å². The van der Waals surface area contributed by atoms with Crippen molar-refractivity contribution in [1.82, 2.24) is 14.9 Å². The summed E-state index contributed by atoms with van der Waals surface area (Å²) in [6.07, 6.45) is 5.80. The average molecular weight is 342 g/mol. The number of amides is 1. The van der Waals surface area contributed by atoms with Crippen LogP contribution in [0.3, 0.4) is 0 Å². The number of carbonyl (C=O) groups is 1. The van der Waals surface area contributed by atoms with E-state index >= 15 is 0 Å². The topological polar surface area (TPSA) is 55.3 Å².